The fraction of sp³-hybridized carbons (Fsp3) is 0.0588. The zero-order valence-electron chi connectivity index (χ0n) is 11.7. The molecule has 106 valence electrons. The predicted octanol–water partition coefficient (Wildman–Crippen LogP) is 3.37. The average molecular weight is 280 g/mol. The van der Waals surface area contributed by atoms with E-state index in [4.69, 9.17) is 0 Å². The van der Waals surface area contributed by atoms with Crippen LogP contribution in [0, 0.1) is 0 Å². The number of carbonyl (C=O) groups is 1. The van der Waals surface area contributed by atoms with Gasteiger partial charge in [0.15, 0.2) is 0 Å². The summed E-state index contributed by atoms with van der Waals surface area (Å²) in [5.41, 5.74) is 5.85. The number of carboxylic acid groups (broad SMARTS) is 1. The van der Waals surface area contributed by atoms with E-state index in [1.807, 2.05) is 30.3 Å². The Balaban J connectivity index is 2.19. The van der Waals surface area contributed by atoms with Crippen molar-refractivity contribution in [2.24, 2.45) is 5.10 Å². The number of nitrogens with one attached hydrogen (secondary N) is 1. The summed E-state index contributed by atoms with van der Waals surface area (Å²) < 4.78 is 0. The van der Waals surface area contributed by atoms with Crippen LogP contribution in [0.1, 0.15) is 28.4 Å². The highest BCUT2D eigenvalue weighted by molar-refractivity contribution is 6.07. The third-order valence-electron chi connectivity index (χ3n) is 3.03. The van der Waals surface area contributed by atoms with Gasteiger partial charge < -0.3 is 5.11 Å². The van der Waals surface area contributed by atoms with Crippen LogP contribution in [0.5, 0.6) is 0 Å². The molecular formula is C17H16N2O2. The topological polar surface area (TPSA) is 61.7 Å². The number of benzene rings is 2. The molecule has 4 nitrogen and oxygen atoms in total. The van der Waals surface area contributed by atoms with Crippen LogP contribution in [0.3, 0.4) is 0 Å². The Kier molecular flexibility index (Phi) is 4.51. The molecular weight excluding hydrogens is 264 g/mol. The maximum Gasteiger partial charge on any atom is 0.336 e. The Morgan fingerprint density at radius 3 is 2.24 bits per heavy atom. The largest absolute Gasteiger partial charge is 0.478 e. The second-order valence-corrected chi connectivity index (χ2v) is 4.50. The molecule has 2 rings (SSSR count). The number of carboxylic acids is 1. The normalized spacial score (nSPS) is 11.0. The van der Waals surface area contributed by atoms with Crippen molar-refractivity contribution in [2.45, 2.75) is 6.92 Å². The second-order valence-electron chi connectivity index (χ2n) is 4.50. The maximum absolute atomic E-state index is 11.2. The average Bonchev–Trinajstić information content (AvgIpc) is 2.53. The van der Waals surface area contributed by atoms with E-state index in [0.717, 1.165) is 5.56 Å². The van der Waals surface area contributed by atoms with Crippen LogP contribution >= 0.6 is 0 Å². The first-order valence-corrected chi connectivity index (χ1v) is 6.47. The lowest BCUT2D eigenvalue weighted by molar-refractivity contribution is 0.0696. The van der Waals surface area contributed by atoms with E-state index >= 15 is 0 Å². The molecule has 0 bridgehead atoms. The van der Waals surface area contributed by atoms with Crippen molar-refractivity contribution in [1.82, 2.24) is 5.43 Å². The van der Waals surface area contributed by atoms with Gasteiger partial charge in [-0.05, 0) is 18.6 Å². The van der Waals surface area contributed by atoms with E-state index in [1.54, 1.807) is 31.2 Å². The number of aromatic carboxylic acids is 1. The maximum atomic E-state index is 11.2. The van der Waals surface area contributed by atoms with E-state index in [9.17, 15) is 9.90 Å². The number of hydrogen-bond donors (Lipinski definition) is 2. The summed E-state index contributed by atoms with van der Waals surface area (Å²) >= 11 is 0. The van der Waals surface area contributed by atoms with Crippen molar-refractivity contribution in [3.8, 4) is 0 Å². The third-order valence-corrected chi connectivity index (χ3v) is 3.03. The van der Waals surface area contributed by atoms with Crippen LogP contribution in [0.4, 0.5) is 0 Å². The van der Waals surface area contributed by atoms with Gasteiger partial charge in [0, 0.05) is 5.56 Å². The van der Waals surface area contributed by atoms with E-state index in [0.29, 0.717) is 17.0 Å². The number of nitrogens with zero attached hydrogens (tertiary/aromatic N) is 1. The van der Waals surface area contributed by atoms with Crippen LogP contribution in [0.25, 0.3) is 5.70 Å². The first-order valence-electron chi connectivity index (χ1n) is 6.47. The molecule has 2 aromatic rings. The van der Waals surface area contributed by atoms with Crippen molar-refractivity contribution < 1.29 is 9.90 Å². The van der Waals surface area contributed by atoms with E-state index in [1.165, 1.54) is 0 Å². The van der Waals surface area contributed by atoms with Crippen molar-refractivity contribution in [3.05, 3.63) is 77.9 Å². The standard InChI is InChI=1S/C17H16N2O2/c1-12(14-8-4-3-5-9-14)18-19-13(2)15-10-6-7-11-16(15)17(20)21/h3-11,18H,1H2,2H3,(H,20,21)/b19-13+. The summed E-state index contributed by atoms with van der Waals surface area (Å²) in [6, 6.07) is 16.4. The Bertz CT molecular complexity index is 691. The first-order chi connectivity index (χ1) is 10.1. The molecule has 0 heterocycles. The van der Waals surface area contributed by atoms with Gasteiger partial charge in [-0.15, -0.1) is 0 Å². The predicted molar refractivity (Wildman–Crippen MR) is 84.2 cm³/mol. The Morgan fingerprint density at radius 1 is 1.05 bits per heavy atom. The summed E-state index contributed by atoms with van der Waals surface area (Å²) in [6.45, 7) is 5.67. The van der Waals surface area contributed by atoms with Crippen molar-refractivity contribution in [2.75, 3.05) is 0 Å². The quantitative estimate of drug-likeness (QED) is 0.652. The Hall–Kier alpha value is -2.88. The zero-order valence-corrected chi connectivity index (χ0v) is 11.7. The molecule has 0 aromatic heterocycles. The van der Waals surface area contributed by atoms with Gasteiger partial charge in [-0.2, -0.15) is 5.10 Å². The zero-order chi connectivity index (χ0) is 15.2. The molecule has 0 fully saturated rings. The Morgan fingerprint density at radius 2 is 1.62 bits per heavy atom. The molecule has 21 heavy (non-hydrogen) atoms. The lowest BCUT2D eigenvalue weighted by atomic mass is 10.0. The van der Waals surface area contributed by atoms with Crippen molar-refractivity contribution in [3.63, 3.8) is 0 Å². The number of hydrazone groups is 1. The third kappa shape index (κ3) is 3.57. The molecule has 2 N–H and O–H groups in total. The molecule has 0 amide bonds. The SMILES string of the molecule is C=C(N/N=C(\C)c1ccccc1C(=O)O)c1ccccc1. The lowest BCUT2D eigenvalue weighted by Gasteiger charge is -2.08. The molecule has 4 heteroatoms. The molecule has 0 saturated carbocycles. The molecule has 0 aliphatic carbocycles. The minimum Gasteiger partial charge on any atom is -0.478 e. The summed E-state index contributed by atoms with van der Waals surface area (Å²) in [5, 5.41) is 13.4. The molecule has 2 aromatic carbocycles. The van der Waals surface area contributed by atoms with Gasteiger partial charge in [0.05, 0.1) is 17.0 Å². The van der Waals surface area contributed by atoms with Crippen LogP contribution in [0.2, 0.25) is 0 Å². The van der Waals surface area contributed by atoms with Gasteiger partial charge >= 0.3 is 5.97 Å². The van der Waals surface area contributed by atoms with Gasteiger partial charge in [-0.3, -0.25) is 5.43 Å². The van der Waals surface area contributed by atoms with Gasteiger partial charge in [-0.25, -0.2) is 4.79 Å². The fourth-order valence-electron chi connectivity index (χ4n) is 1.90. The molecule has 0 unspecified atom stereocenters. The minimum absolute atomic E-state index is 0.228. The van der Waals surface area contributed by atoms with Crippen LogP contribution in [0.15, 0.2) is 66.3 Å². The van der Waals surface area contributed by atoms with Crippen LogP contribution < -0.4 is 5.43 Å². The van der Waals surface area contributed by atoms with Crippen molar-refractivity contribution in [1.29, 1.82) is 0 Å². The van der Waals surface area contributed by atoms with E-state index in [-0.39, 0.29) is 5.56 Å². The van der Waals surface area contributed by atoms with E-state index in [2.05, 4.69) is 17.1 Å². The molecule has 0 aliphatic rings. The van der Waals surface area contributed by atoms with Crippen LogP contribution in [-0.4, -0.2) is 16.8 Å². The van der Waals surface area contributed by atoms with E-state index < -0.39 is 5.97 Å². The monoisotopic (exact) mass is 280 g/mol. The lowest BCUT2D eigenvalue weighted by Crippen LogP contribution is -2.11. The van der Waals surface area contributed by atoms with Gasteiger partial charge in [-0.1, -0.05) is 55.1 Å². The summed E-state index contributed by atoms with van der Waals surface area (Å²) in [4.78, 5) is 11.2. The fourth-order valence-corrected chi connectivity index (χ4v) is 1.90. The highest BCUT2D eigenvalue weighted by Crippen LogP contribution is 2.12. The second kappa shape index (κ2) is 6.52. The molecule has 0 aliphatic heterocycles. The van der Waals surface area contributed by atoms with Crippen molar-refractivity contribution >= 4 is 17.4 Å². The van der Waals surface area contributed by atoms with Gasteiger partial charge in [0.2, 0.25) is 0 Å². The Labute approximate surface area is 123 Å². The number of rotatable bonds is 5. The molecule has 0 spiro atoms. The number of hydrogen-bond acceptors (Lipinski definition) is 3. The molecule has 0 atom stereocenters. The minimum atomic E-state index is -0.970. The van der Waals surface area contributed by atoms with Gasteiger partial charge in [0.25, 0.3) is 0 Å². The molecule has 0 saturated heterocycles. The summed E-state index contributed by atoms with van der Waals surface area (Å²) in [6.07, 6.45) is 0. The summed E-state index contributed by atoms with van der Waals surface area (Å²) in [5.74, 6) is -0.970. The summed E-state index contributed by atoms with van der Waals surface area (Å²) in [7, 11) is 0. The van der Waals surface area contributed by atoms with Gasteiger partial charge in [0.1, 0.15) is 0 Å². The highest BCUT2D eigenvalue weighted by Gasteiger charge is 2.11. The first kappa shape index (κ1) is 14.5. The smallest absolute Gasteiger partial charge is 0.336 e. The molecule has 0 radical (unpaired) electrons. The highest BCUT2D eigenvalue weighted by atomic mass is 16.4. The van der Waals surface area contributed by atoms with Crippen LogP contribution in [-0.2, 0) is 0 Å².